The molecule has 0 fully saturated rings. The van der Waals surface area contributed by atoms with Crippen molar-refractivity contribution in [2.75, 3.05) is 0 Å². The van der Waals surface area contributed by atoms with E-state index in [1.165, 1.54) is 0 Å². The van der Waals surface area contributed by atoms with Crippen LogP contribution in [0.25, 0.3) is 0 Å². The molecule has 2 amide bonds. The molecule has 3 nitrogen and oxygen atoms in total. The van der Waals surface area contributed by atoms with Crippen LogP contribution in [0, 0.1) is 0 Å². The number of urea groups is 1. The average molecular weight is 126 g/mol. The maximum Gasteiger partial charge on any atom is 0.312 e. The molecular weight excluding hydrogens is 116 g/mol. The Hall–Kier alpha value is -0.990. The molecule has 0 saturated carbocycles. The number of nitrogens with one attached hydrogen (secondary N) is 1. The van der Waals surface area contributed by atoms with Gasteiger partial charge in [-0.15, -0.1) is 0 Å². The number of primary amides is 1. The van der Waals surface area contributed by atoms with Crippen molar-refractivity contribution >= 4 is 6.03 Å². The Bertz CT molecular complexity index is 134. The van der Waals surface area contributed by atoms with Gasteiger partial charge in [-0.3, -0.25) is 0 Å². The first-order chi connectivity index (χ1) is 4.29. The van der Waals surface area contributed by atoms with Gasteiger partial charge in [0.1, 0.15) is 0 Å². The summed E-state index contributed by atoms with van der Waals surface area (Å²) in [5.41, 5.74) is 4.89. The maximum absolute atomic E-state index is 10.2. The Morgan fingerprint density at radius 3 is 2.56 bits per heavy atom. The molecule has 0 heterocycles. The quantitative estimate of drug-likeness (QED) is 0.490. The van der Waals surface area contributed by atoms with E-state index in [0.717, 1.165) is 12.8 Å². The van der Waals surface area contributed by atoms with Gasteiger partial charge in [-0.05, 0) is 12.8 Å². The summed E-state index contributed by atoms with van der Waals surface area (Å²) < 4.78 is 0. The van der Waals surface area contributed by atoms with E-state index >= 15 is 0 Å². The fraction of sp³-hybridized carbons (Fsp3) is 0.500. The molecule has 0 spiro atoms. The molecule has 1 rings (SSSR count). The molecule has 9 heavy (non-hydrogen) atoms. The standard InChI is InChI=1S/C6H10N2O/c7-6(9)8-5-3-1-2-4-5/h1-2,5H,3-4H2,(H3,7,8,9). The molecule has 0 saturated heterocycles. The Labute approximate surface area is 53.9 Å². The largest absolute Gasteiger partial charge is 0.352 e. The zero-order chi connectivity index (χ0) is 6.69. The number of carbonyl (C=O) groups is 1. The molecule has 0 bridgehead atoms. The number of hydrogen-bond acceptors (Lipinski definition) is 1. The first-order valence-corrected chi connectivity index (χ1v) is 3.00. The molecule has 0 aromatic carbocycles. The highest BCUT2D eigenvalue weighted by Crippen LogP contribution is 2.07. The average Bonchev–Trinajstić information content (AvgIpc) is 2.15. The number of amides is 2. The maximum atomic E-state index is 10.2. The van der Waals surface area contributed by atoms with Crippen molar-refractivity contribution in [3.8, 4) is 0 Å². The SMILES string of the molecule is NC(=O)NC1CC=CC1. The van der Waals surface area contributed by atoms with Gasteiger partial charge in [0, 0.05) is 6.04 Å². The minimum Gasteiger partial charge on any atom is -0.352 e. The molecule has 0 radical (unpaired) electrons. The zero-order valence-electron chi connectivity index (χ0n) is 5.13. The zero-order valence-corrected chi connectivity index (χ0v) is 5.13. The van der Waals surface area contributed by atoms with E-state index in [1.807, 2.05) is 12.2 Å². The molecule has 0 atom stereocenters. The topological polar surface area (TPSA) is 55.1 Å². The Morgan fingerprint density at radius 2 is 2.11 bits per heavy atom. The van der Waals surface area contributed by atoms with E-state index in [9.17, 15) is 4.79 Å². The van der Waals surface area contributed by atoms with E-state index in [1.54, 1.807) is 0 Å². The molecule has 3 N–H and O–H groups in total. The van der Waals surface area contributed by atoms with Crippen LogP contribution in [0.2, 0.25) is 0 Å². The van der Waals surface area contributed by atoms with Crippen LogP contribution in [0.15, 0.2) is 12.2 Å². The number of rotatable bonds is 1. The molecule has 1 aliphatic carbocycles. The van der Waals surface area contributed by atoms with Crippen LogP contribution >= 0.6 is 0 Å². The van der Waals surface area contributed by atoms with E-state index in [-0.39, 0.29) is 6.04 Å². The van der Waals surface area contributed by atoms with Crippen molar-refractivity contribution in [3.63, 3.8) is 0 Å². The van der Waals surface area contributed by atoms with Gasteiger partial charge in [-0.2, -0.15) is 0 Å². The second-order valence-electron chi connectivity index (χ2n) is 2.15. The minimum absolute atomic E-state index is 0.252. The first kappa shape index (κ1) is 6.13. The third-order valence-corrected chi connectivity index (χ3v) is 1.35. The third-order valence-electron chi connectivity index (χ3n) is 1.35. The molecular formula is C6H10N2O. The fourth-order valence-corrected chi connectivity index (χ4v) is 0.936. The van der Waals surface area contributed by atoms with Crippen molar-refractivity contribution in [1.82, 2.24) is 5.32 Å². The van der Waals surface area contributed by atoms with Crippen LogP contribution in [0.4, 0.5) is 4.79 Å². The summed E-state index contributed by atoms with van der Waals surface area (Å²) in [5, 5.41) is 2.62. The van der Waals surface area contributed by atoms with E-state index in [0.29, 0.717) is 0 Å². The third kappa shape index (κ3) is 1.76. The highest BCUT2D eigenvalue weighted by atomic mass is 16.2. The van der Waals surface area contributed by atoms with Crippen molar-refractivity contribution in [3.05, 3.63) is 12.2 Å². The summed E-state index contributed by atoms with van der Waals surface area (Å²) in [7, 11) is 0. The predicted octanol–water partition coefficient (Wildman–Crippen LogP) is 0.373. The summed E-state index contributed by atoms with van der Waals surface area (Å²) in [6.45, 7) is 0. The molecule has 50 valence electrons. The van der Waals surface area contributed by atoms with E-state index in [4.69, 9.17) is 5.73 Å². The van der Waals surface area contributed by atoms with Gasteiger partial charge < -0.3 is 11.1 Å². The highest BCUT2D eigenvalue weighted by molar-refractivity contribution is 5.72. The lowest BCUT2D eigenvalue weighted by Gasteiger charge is -2.07. The Balaban J connectivity index is 2.22. The number of hydrogen-bond donors (Lipinski definition) is 2. The fourth-order valence-electron chi connectivity index (χ4n) is 0.936. The predicted molar refractivity (Wildman–Crippen MR) is 34.9 cm³/mol. The summed E-state index contributed by atoms with van der Waals surface area (Å²) in [5.74, 6) is 0. The van der Waals surface area contributed by atoms with E-state index in [2.05, 4.69) is 5.32 Å². The van der Waals surface area contributed by atoms with Gasteiger partial charge in [-0.1, -0.05) is 12.2 Å². The lowest BCUT2D eigenvalue weighted by molar-refractivity contribution is 0.245. The van der Waals surface area contributed by atoms with Crippen LogP contribution < -0.4 is 11.1 Å². The second kappa shape index (κ2) is 2.53. The van der Waals surface area contributed by atoms with E-state index < -0.39 is 6.03 Å². The Morgan fingerprint density at radius 1 is 1.56 bits per heavy atom. The van der Waals surface area contributed by atoms with Crippen LogP contribution in [-0.4, -0.2) is 12.1 Å². The van der Waals surface area contributed by atoms with Gasteiger partial charge >= 0.3 is 6.03 Å². The van der Waals surface area contributed by atoms with Gasteiger partial charge in [-0.25, -0.2) is 4.79 Å². The summed E-state index contributed by atoms with van der Waals surface area (Å²) in [4.78, 5) is 10.2. The van der Waals surface area contributed by atoms with Crippen molar-refractivity contribution in [1.29, 1.82) is 0 Å². The number of carbonyl (C=O) groups excluding carboxylic acids is 1. The monoisotopic (exact) mass is 126 g/mol. The second-order valence-corrected chi connectivity index (χ2v) is 2.15. The van der Waals surface area contributed by atoms with Crippen LogP contribution in [0.3, 0.4) is 0 Å². The summed E-state index contributed by atoms with van der Waals surface area (Å²) >= 11 is 0. The Kier molecular flexibility index (Phi) is 1.72. The molecule has 0 aromatic heterocycles. The van der Waals surface area contributed by atoms with Crippen LogP contribution in [0.5, 0.6) is 0 Å². The van der Waals surface area contributed by atoms with Gasteiger partial charge in [0.05, 0.1) is 0 Å². The summed E-state index contributed by atoms with van der Waals surface area (Å²) in [6.07, 6.45) is 5.92. The van der Waals surface area contributed by atoms with Crippen molar-refractivity contribution in [2.45, 2.75) is 18.9 Å². The lowest BCUT2D eigenvalue weighted by atomic mass is 10.2. The van der Waals surface area contributed by atoms with Crippen LogP contribution in [-0.2, 0) is 0 Å². The summed E-state index contributed by atoms with van der Waals surface area (Å²) in [6, 6.07) is -0.175. The van der Waals surface area contributed by atoms with Crippen LogP contribution in [0.1, 0.15) is 12.8 Å². The normalized spacial score (nSPS) is 18.2. The first-order valence-electron chi connectivity index (χ1n) is 3.00. The molecule has 0 aromatic rings. The molecule has 3 heteroatoms. The molecule has 0 aliphatic heterocycles. The number of nitrogens with two attached hydrogens (primary N) is 1. The van der Waals surface area contributed by atoms with Crippen molar-refractivity contribution in [2.24, 2.45) is 5.73 Å². The molecule has 0 unspecified atom stereocenters. The lowest BCUT2D eigenvalue weighted by Crippen LogP contribution is -2.36. The highest BCUT2D eigenvalue weighted by Gasteiger charge is 2.09. The smallest absolute Gasteiger partial charge is 0.312 e. The van der Waals surface area contributed by atoms with Gasteiger partial charge in [0.25, 0.3) is 0 Å². The van der Waals surface area contributed by atoms with Gasteiger partial charge in [0.2, 0.25) is 0 Å². The van der Waals surface area contributed by atoms with Crippen molar-refractivity contribution < 1.29 is 4.79 Å². The van der Waals surface area contributed by atoms with Gasteiger partial charge in [0.15, 0.2) is 0 Å². The minimum atomic E-state index is -0.427. The molecule has 1 aliphatic rings.